The normalized spacial score (nSPS) is 13.2. The van der Waals surface area contributed by atoms with E-state index in [1.165, 1.54) is 49.7 Å². The van der Waals surface area contributed by atoms with Gasteiger partial charge in [0.05, 0.1) is 0 Å². The van der Waals surface area contributed by atoms with E-state index >= 15 is 0 Å². The molecular weight excluding hydrogens is 839 g/mol. The Morgan fingerprint density at radius 3 is 1.52 bits per heavy atom. The van der Waals surface area contributed by atoms with E-state index in [9.17, 15) is 0 Å². The largest absolute Gasteiger partial charge is 0.373 e. The lowest BCUT2D eigenvalue weighted by atomic mass is 9.61. The first kappa shape index (κ1) is 43.8. The fourth-order valence-electron chi connectivity index (χ4n) is 4.71. The van der Waals surface area contributed by atoms with Crippen LogP contribution in [0.5, 0.6) is 0 Å². The van der Waals surface area contributed by atoms with Crippen molar-refractivity contribution in [3.05, 3.63) is 66.5 Å². The van der Waals surface area contributed by atoms with Crippen LogP contribution in [-0.4, -0.2) is 23.0 Å². The summed E-state index contributed by atoms with van der Waals surface area (Å²) in [6.45, 7) is 13.7. The predicted octanol–water partition coefficient (Wildman–Crippen LogP) is 12.0. The van der Waals surface area contributed by atoms with Crippen molar-refractivity contribution in [2.45, 2.75) is 91.9 Å². The predicted molar refractivity (Wildman–Crippen MR) is 188 cm³/mol. The molecule has 0 amide bonds. The quantitative estimate of drug-likeness (QED) is 0.222. The summed E-state index contributed by atoms with van der Waals surface area (Å²) in [5, 5.41) is 4.06. The van der Waals surface area contributed by atoms with Gasteiger partial charge in [0.25, 0.3) is 0 Å². The third kappa shape index (κ3) is 17.9. The highest BCUT2D eigenvalue weighted by atomic mass is 79.9. The molecule has 0 atom stereocenters. The van der Waals surface area contributed by atoms with Crippen LogP contribution in [-0.2, 0) is 31.0 Å². The van der Waals surface area contributed by atoms with Crippen LogP contribution >= 0.6 is 86.9 Å². The van der Waals surface area contributed by atoms with Crippen LogP contribution in [0.2, 0.25) is 10.0 Å². The van der Waals surface area contributed by atoms with Gasteiger partial charge in [-0.15, -0.1) is 0 Å². The molecule has 1 fully saturated rings. The topological polar surface area (TPSA) is 68.3 Å². The Kier molecular flexibility index (Phi) is 24.1. The molecule has 10 heteroatoms. The molecule has 2 aromatic rings. The summed E-state index contributed by atoms with van der Waals surface area (Å²) in [6, 6.07) is 12.3. The number of rotatable bonds is 5. The summed E-state index contributed by atoms with van der Waals surface area (Å²) in [7, 11) is 0. The van der Waals surface area contributed by atoms with Gasteiger partial charge in [0.2, 0.25) is 0 Å². The summed E-state index contributed by atoms with van der Waals surface area (Å²) in [5.74, 6) is 0. The van der Waals surface area contributed by atoms with Gasteiger partial charge in [0.1, 0.15) is 0 Å². The van der Waals surface area contributed by atoms with Gasteiger partial charge < -0.3 is 0 Å². The molecule has 0 heterocycles. The van der Waals surface area contributed by atoms with Crippen molar-refractivity contribution >= 4 is 99.2 Å². The number of halogens is 6. The average molecular weight is 881 g/mol. The van der Waals surface area contributed by atoms with E-state index in [1.807, 2.05) is 24.3 Å². The molecule has 2 aromatic carbocycles. The molecule has 0 aromatic heterocycles. The smallest absolute Gasteiger partial charge is 0.186 e. The Morgan fingerprint density at radius 1 is 0.738 bits per heavy atom. The number of hydrogen-bond donors (Lipinski definition) is 0. The third-order valence-corrected chi connectivity index (χ3v) is 9.39. The lowest BCUT2D eigenvalue weighted by molar-refractivity contribution is -0.193. The van der Waals surface area contributed by atoms with Crippen molar-refractivity contribution in [3.63, 3.8) is 0 Å². The van der Waals surface area contributed by atoms with Crippen molar-refractivity contribution in [1.29, 1.82) is 0 Å². The molecule has 1 aliphatic carbocycles. The SMILES string of the molecule is BrCCCCBr.CC(C)(C)C1(c2cc(Br)ccc2Cl)CCCC1.CC(C)(C)Cc1cc(Br)ccc1Cl.O=C=O.O=C=O. The molecule has 0 unspecified atom stereocenters. The van der Waals surface area contributed by atoms with E-state index in [4.69, 9.17) is 42.4 Å². The molecular formula is C32H42Br4Cl2O4. The minimum atomic E-state index is 0.244. The van der Waals surface area contributed by atoms with Gasteiger partial charge in [0.15, 0.2) is 0 Å². The lowest BCUT2D eigenvalue weighted by Crippen LogP contribution is -2.37. The zero-order chi connectivity index (χ0) is 33.0. The molecule has 0 saturated heterocycles. The number of benzene rings is 2. The Bertz CT molecular complexity index is 1090. The fourth-order valence-corrected chi connectivity index (χ4v) is 6.75. The van der Waals surface area contributed by atoms with E-state index in [0.29, 0.717) is 0 Å². The number of carbonyl (C=O) groups excluding carboxylic acids is 4. The van der Waals surface area contributed by atoms with Crippen molar-refractivity contribution < 1.29 is 19.2 Å². The summed E-state index contributed by atoms with van der Waals surface area (Å²) < 4.78 is 2.23. The maximum Gasteiger partial charge on any atom is 0.373 e. The van der Waals surface area contributed by atoms with Crippen LogP contribution in [0, 0.1) is 10.8 Å². The van der Waals surface area contributed by atoms with Crippen LogP contribution < -0.4 is 0 Å². The van der Waals surface area contributed by atoms with Crippen LogP contribution in [0.4, 0.5) is 0 Å². The Balaban J connectivity index is 0. The van der Waals surface area contributed by atoms with Crippen molar-refractivity contribution in [3.8, 4) is 0 Å². The molecule has 0 spiro atoms. The zero-order valence-electron chi connectivity index (χ0n) is 25.2. The molecule has 236 valence electrons. The van der Waals surface area contributed by atoms with E-state index in [2.05, 4.69) is 117 Å². The Hall–Kier alpha value is -0.300. The highest BCUT2D eigenvalue weighted by molar-refractivity contribution is 9.11. The van der Waals surface area contributed by atoms with E-state index in [-0.39, 0.29) is 28.5 Å². The molecule has 0 radical (unpaired) electrons. The van der Waals surface area contributed by atoms with E-state index in [0.717, 1.165) is 36.1 Å². The van der Waals surface area contributed by atoms with E-state index < -0.39 is 0 Å². The maximum atomic E-state index is 8.12. The minimum absolute atomic E-state index is 0.244. The Labute approximate surface area is 296 Å². The first-order valence-corrected chi connectivity index (χ1v) is 18.1. The summed E-state index contributed by atoms with van der Waals surface area (Å²) >= 11 is 26.2. The van der Waals surface area contributed by atoms with Crippen LogP contribution in [0.1, 0.15) is 91.2 Å². The highest BCUT2D eigenvalue weighted by Gasteiger charge is 2.46. The molecule has 0 N–H and O–H groups in total. The standard InChI is InChI=1S/C15H20BrCl.C11H14BrCl.C4H8Br2.2CO2/c1-14(2,3)15(8-4-5-9-15)12-10-11(16)6-7-13(12)17;1-11(2,3)7-8-6-9(12)4-5-10(8)13;5-3-1-2-4-6;2*2-1-3/h6-7,10H,4-5,8-9H2,1-3H3;4-6H,7H2,1-3H3;1-4H2;;. The molecule has 1 saturated carbocycles. The van der Waals surface area contributed by atoms with Gasteiger partial charge in [-0.2, -0.15) is 19.2 Å². The van der Waals surface area contributed by atoms with Crippen molar-refractivity contribution in [2.75, 3.05) is 10.7 Å². The second-order valence-corrected chi connectivity index (χ2v) is 16.1. The highest BCUT2D eigenvalue weighted by Crippen LogP contribution is 2.54. The molecule has 0 bridgehead atoms. The van der Waals surface area contributed by atoms with Gasteiger partial charge in [-0.25, -0.2) is 0 Å². The van der Waals surface area contributed by atoms with Crippen LogP contribution in [0.15, 0.2) is 45.3 Å². The summed E-state index contributed by atoms with van der Waals surface area (Å²) in [5.41, 5.74) is 3.33. The minimum Gasteiger partial charge on any atom is -0.186 e. The van der Waals surface area contributed by atoms with Gasteiger partial charge in [-0.1, -0.05) is 141 Å². The first-order valence-electron chi connectivity index (χ1n) is 13.5. The number of hydrogen-bond acceptors (Lipinski definition) is 4. The van der Waals surface area contributed by atoms with Crippen molar-refractivity contribution in [2.24, 2.45) is 10.8 Å². The van der Waals surface area contributed by atoms with Gasteiger partial charge in [-0.05, 0) is 90.5 Å². The second kappa shape index (κ2) is 23.1. The second-order valence-electron chi connectivity index (χ2n) is 11.9. The lowest BCUT2D eigenvalue weighted by Gasteiger charge is -2.43. The monoisotopic (exact) mass is 876 g/mol. The number of unbranched alkanes of at least 4 members (excludes halogenated alkanes) is 1. The summed E-state index contributed by atoms with van der Waals surface area (Å²) in [4.78, 5) is 32.5. The van der Waals surface area contributed by atoms with Crippen LogP contribution in [0.25, 0.3) is 0 Å². The van der Waals surface area contributed by atoms with E-state index in [1.54, 1.807) is 0 Å². The zero-order valence-corrected chi connectivity index (χ0v) is 33.1. The number of alkyl halides is 2. The molecule has 1 aliphatic rings. The van der Waals surface area contributed by atoms with Gasteiger partial charge >= 0.3 is 12.3 Å². The maximum absolute atomic E-state index is 8.12. The molecule has 3 rings (SSSR count). The fraction of sp³-hybridized carbons (Fsp3) is 0.562. The third-order valence-electron chi connectivity index (χ3n) is 6.58. The molecule has 42 heavy (non-hydrogen) atoms. The summed E-state index contributed by atoms with van der Waals surface area (Å²) in [6.07, 6.45) is 9.22. The van der Waals surface area contributed by atoms with Crippen molar-refractivity contribution in [1.82, 2.24) is 0 Å². The average Bonchev–Trinajstić information content (AvgIpc) is 3.39. The molecule has 4 nitrogen and oxygen atoms in total. The molecule has 0 aliphatic heterocycles. The Morgan fingerprint density at radius 2 is 1.14 bits per heavy atom. The van der Waals surface area contributed by atoms with Crippen LogP contribution in [0.3, 0.4) is 0 Å². The van der Waals surface area contributed by atoms with Gasteiger partial charge in [-0.3, -0.25) is 0 Å². The first-order chi connectivity index (χ1) is 19.5. The van der Waals surface area contributed by atoms with Gasteiger partial charge in [0, 0.05) is 35.1 Å².